The molecule has 0 spiro atoms. The summed E-state index contributed by atoms with van der Waals surface area (Å²) in [4.78, 5) is 50.3. The normalized spacial score (nSPS) is 18.2. The lowest BCUT2D eigenvalue weighted by molar-refractivity contribution is -0.687. The average Bonchev–Trinajstić information content (AvgIpc) is 3.67. The molecule has 2 aliphatic heterocycles. The summed E-state index contributed by atoms with van der Waals surface area (Å²) < 4.78 is 12.1. The summed E-state index contributed by atoms with van der Waals surface area (Å²) in [5.41, 5.74) is 5.13. The van der Waals surface area contributed by atoms with Crippen molar-refractivity contribution in [2.24, 2.45) is 12.2 Å². The standard InChI is InChI=1S/C27H27N11O7S2/c1-27(2,25(43)44-4)45-32-17(20-30-26(28)47-33-20)22(41)29-18-23(42)38-19(21-31-34-35-36(21)3)14(11-46-24(18)38)10-37-6-5-12-7-15(39)16(40)8-13(12)9-37/h5-9,18,24H,10-11H2,1-4H3,(H4,28,29,30,33,40,41)/p+1/b32-17-/t18-,24-/m1/s1. The second-order valence-corrected chi connectivity index (χ2v) is 12.9. The molecule has 1 saturated heterocycles. The van der Waals surface area contributed by atoms with Crippen molar-refractivity contribution in [3.63, 3.8) is 0 Å². The van der Waals surface area contributed by atoms with E-state index in [1.54, 1.807) is 18.0 Å². The number of aromatic nitrogens is 7. The predicted octanol–water partition coefficient (Wildman–Crippen LogP) is -0.321. The number of ether oxygens (including phenoxy) is 1. The van der Waals surface area contributed by atoms with Crippen LogP contribution < -0.4 is 15.6 Å². The molecule has 1 fully saturated rings. The summed E-state index contributed by atoms with van der Waals surface area (Å²) in [5.74, 6) is -1.76. The molecule has 2 aliphatic rings. The highest BCUT2D eigenvalue weighted by Gasteiger charge is 2.54. The van der Waals surface area contributed by atoms with Crippen LogP contribution >= 0.6 is 23.3 Å². The van der Waals surface area contributed by atoms with E-state index in [9.17, 15) is 24.6 Å². The number of oxime groups is 1. The Bertz CT molecular complexity index is 1990. The van der Waals surface area contributed by atoms with Gasteiger partial charge in [0.2, 0.25) is 17.1 Å². The second kappa shape index (κ2) is 12.1. The van der Waals surface area contributed by atoms with Crippen molar-refractivity contribution in [3.8, 4) is 11.5 Å². The van der Waals surface area contributed by atoms with Gasteiger partial charge in [-0.3, -0.25) is 14.5 Å². The van der Waals surface area contributed by atoms with E-state index in [1.807, 2.05) is 17.0 Å². The van der Waals surface area contributed by atoms with Gasteiger partial charge < -0.3 is 30.8 Å². The van der Waals surface area contributed by atoms with Gasteiger partial charge in [0.25, 0.3) is 11.8 Å². The number of carbonyl (C=O) groups is 3. The SMILES string of the molecule is COC(=O)C(C)(C)O/N=C(\C(=O)N[C@@H]1C(=O)N2C(c3nnnn3C)=C(C[n+]3ccc4cc(O)c(O)cc4c3)CS[C@H]12)c1nsc(N)n1. The monoisotopic (exact) mass is 682 g/mol. The fraction of sp³-hybridized carbons (Fsp3) is 0.333. The number of β-lactam (4-membered cyclic amide) rings is 1. The molecule has 0 bridgehead atoms. The summed E-state index contributed by atoms with van der Waals surface area (Å²) in [6.45, 7) is 3.16. The van der Waals surface area contributed by atoms with E-state index in [0.29, 0.717) is 29.2 Å². The van der Waals surface area contributed by atoms with Crippen LogP contribution in [-0.4, -0.2) is 98.1 Å². The third-order valence-corrected chi connectivity index (χ3v) is 9.26. The molecule has 5 heterocycles. The number of aromatic hydroxyl groups is 2. The number of rotatable bonds is 9. The molecule has 18 nitrogen and oxygen atoms in total. The molecule has 0 aliphatic carbocycles. The molecule has 1 aromatic carbocycles. The van der Waals surface area contributed by atoms with Crippen molar-refractivity contribution in [2.45, 2.75) is 37.4 Å². The maximum Gasteiger partial charge on any atom is 0.352 e. The minimum Gasteiger partial charge on any atom is -0.504 e. The summed E-state index contributed by atoms with van der Waals surface area (Å²) in [6, 6.07) is 3.78. The Balaban J connectivity index is 1.28. The number of fused-ring (bicyclic) bond motifs is 2. The van der Waals surface area contributed by atoms with Crippen LogP contribution in [0.5, 0.6) is 11.5 Å². The fourth-order valence-corrected chi connectivity index (χ4v) is 6.77. The van der Waals surface area contributed by atoms with Crippen molar-refractivity contribution < 1.29 is 38.7 Å². The Hall–Kier alpha value is -5.37. The van der Waals surface area contributed by atoms with Gasteiger partial charge in [-0.25, -0.2) is 14.0 Å². The molecule has 0 unspecified atom stereocenters. The number of nitrogens with one attached hydrogen (secondary N) is 1. The Morgan fingerprint density at radius 1 is 1.26 bits per heavy atom. The highest BCUT2D eigenvalue weighted by atomic mass is 32.2. The molecule has 3 aromatic heterocycles. The van der Waals surface area contributed by atoms with Gasteiger partial charge in [0.1, 0.15) is 11.4 Å². The number of aryl methyl sites for hydroxylation is 1. The van der Waals surface area contributed by atoms with Crippen LogP contribution in [0.4, 0.5) is 5.13 Å². The predicted molar refractivity (Wildman–Crippen MR) is 166 cm³/mol. The number of esters is 1. The van der Waals surface area contributed by atoms with Crippen molar-refractivity contribution in [1.29, 1.82) is 0 Å². The molecule has 6 rings (SSSR count). The molecule has 4 aromatic rings. The summed E-state index contributed by atoms with van der Waals surface area (Å²) in [5, 5.41) is 39.3. The third kappa shape index (κ3) is 5.87. The quantitative estimate of drug-likeness (QED) is 0.0442. The van der Waals surface area contributed by atoms with Crippen molar-refractivity contribution in [2.75, 3.05) is 18.6 Å². The minimum atomic E-state index is -1.55. The van der Waals surface area contributed by atoms with Gasteiger partial charge in [0, 0.05) is 41.4 Å². The van der Waals surface area contributed by atoms with Gasteiger partial charge in [-0.1, -0.05) is 5.16 Å². The molecule has 0 saturated carbocycles. The number of methoxy groups -OCH3 is 1. The molecule has 47 heavy (non-hydrogen) atoms. The van der Waals surface area contributed by atoms with Gasteiger partial charge in [0.15, 0.2) is 41.4 Å². The number of hydrogen-bond donors (Lipinski definition) is 4. The second-order valence-electron chi connectivity index (χ2n) is 11.0. The average molecular weight is 683 g/mol. The van der Waals surface area contributed by atoms with Crippen LogP contribution in [0.15, 0.2) is 41.3 Å². The maximum absolute atomic E-state index is 13.7. The number of pyridine rings is 1. The molecular weight excluding hydrogens is 655 g/mol. The van der Waals surface area contributed by atoms with Crippen molar-refractivity contribution >= 4 is 68.4 Å². The zero-order valence-electron chi connectivity index (χ0n) is 25.3. The number of amides is 2. The zero-order valence-corrected chi connectivity index (χ0v) is 26.9. The Kier molecular flexibility index (Phi) is 8.13. The minimum absolute atomic E-state index is 0.0697. The van der Waals surface area contributed by atoms with Gasteiger partial charge in [-0.15, -0.1) is 16.9 Å². The number of hydrogen-bond acceptors (Lipinski definition) is 16. The van der Waals surface area contributed by atoms with Crippen molar-refractivity contribution in [1.82, 2.24) is 39.8 Å². The topological polar surface area (TPSA) is 237 Å². The number of carbonyl (C=O) groups excluding carboxylic acids is 3. The van der Waals surface area contributed by atoms with Crippen LogP contribution in [0.1, 0.15) is 25.5 Å². The molecular formula is C27H28N11O7S2+. The Morgan fingerprint density at radius 2 is 2.00 bits per heavy atom. The van der Waals surface area contributed by atoms with Crippen LogP contribution in [0.25, 0.3) is 16.5 Å². The first-order chi connectivity index (χ1) is 22.4. The number of phenolic OH excluding ortho intramolecular Hbond substituents is 2. The number of anilines is 1. The van der Waals surface area contributed by atoms with E-state index >= 15 is 0 Å². The number of tetrazole rings is 1. The molecule has 2 amide bonds. The maximum atomic E-state index is 13.7. The first-order valence-corrected chi connectivity index (χ1v) is 15.7. The third-order valence-electron chi connectivity index (χ3n) is 7.38. The van der Waals surface area contributed by atoms with E-state index in [0.717, 1.165) is 22.5 Å². The van der Waals surface area contributed by atoms with Crippen LogP contribution in [0.3, 0.4) is 0 Å². The summed E-state index contributed by atoms with van der Waals surface area (Å²) >= 11 is 2.26. The number of thioether (sulfide) groups is 1. The van der Waals surface area contributed by atoms with Crippen LogP contribution in [0, 0.1) is 0 Å². The molecule has 2 atom stereocenters. The first-order valence-electron chi connectivity index (χ1n) is 13.9. The van der Waals surface area contributed by atoms with Gasteiger partial charge >= 0.3 is 5.97 Å². The van der Waals surface area contributed by atoms with E-state index < -0.39 is 34.8 Å². The lowest BCUT2D eigenvalue weighted by Crippen LogP contribution is -2.70. The first kappa shape index (κ1) is 31.6. The largest absolute Gasteiger partial charge is 0.504 e. The van der Waals surface area contributed by atoms with Crippen molar-refractivity contribution in [3.05, 3.63) is 47.8 Å². The van der Waals surface area contributed by atoms with Gasteiger partial charge in [0.05, 0.1) is 12.8 Å². The zero-order chi connectivity index (χ0) is 33.6. The lowest BCUT2D eigenvalue weighted by Gasteiger charge is -2.49. The highest BCUT2D eigenvalue weighted by Crippen LogP contribution is 2.43. The van der Waals surface area contributed by atoms with E-state index in [-0.39, 0.29) is 28.2 Å². The van der Waals surface area contributed by atoms with E-state index in [4.69, 9.17) is 15.3 Å². The molecule has 5 N–H and O–H groups in total. The lowest BCUT2D eigenvalue weighted by atomic mass is 10.0. The smallest absolute Gasteiger partial charge is 0.352 e. The fourth-order valence-electron chi connectivity index (χ4n) is 5.00. The molecule has 244 valence electrons. The number of phenols is 2. The highest BCUT2D eigenvalue weighted by molar-refractivity contribution is 8.00. The molecule has 20 heteroatoms. The van der Waals surface area contributed by atoms with E-state index in [1.165, 1.54) is 49.5 Å². The van der Waals surface area contributed by atoms with Crippen LogP contribution in [-0.2, 0) is 37.6 Å². The number of nitrogen functional groups attached to an aromatic ring is 1. The van der Waals surface area contributed by atoms with Gasteiger partial charge in [-0.05, 0) is 41.8 Å². The number of nitrogens with two attached hydrogens (primary N) is 1. The van der Waals surface area contributed by atoms with Gasteiger partial charge in [-0.2, -0.15) is 9.36 Å². The number of nitrogens with zero attached hydrogens (tertiary/aromatic N) is 9. The van der Waals surface area contributed by atoms with E-state index in [2.05, 4.69) is 35.4 Å². The Labute approximate surface area is 274 Å². The summed E-state index contributed by atoms with van der Waals surface area (Å²) in [6.07, 6.45) is 3.63. The summed E-state index contributed by atoms with van der Waals surface area (Å²) in [7, 11) is 2.84. The van der Waals surface area contributed by atoms with Crippen LogP contribution in [0.2, 0.25) is 0 Å². The number of benzene rings is 1. The molecule has 0 radical (unpaired) electrons. The Morgan fingerprint density at radius 3 is 2.66 bits per heavy atom.